The van der Waals surface area contributed by atoms with Crippen molar-refractivity contribution < 1.29 is 22.0 Å². The molecule has 0 saturated carbocycles. The second-order valence-corrected chi connectivity index (χ2v) is 11.2. The molecule has 0 radical (unpaired) electrons. The van der Waals surface area contributed by atoms with Gasteiger partial charge in [0.15, 0.2) is 0 Å². The molecule has 2 aromatic carbocycles. The first-order chi connectivity index (χ1) is 17.3. The summed E-state index contributed by atoms with van der Waals surface area (Å²) >= 11 is 0. The van der Waals surface area contributed by atoms with Crippen molar-refractivity contribution in [3.05, 3.63) is 71.3 Å². The summed E-state index contributed by atoms with van der Waals surface area (Å²) in [5, 5.41) is 0. The highest BCUT2D eigenvalue weighted by Crippen LogP contribution is 2.30. The van der Waals surface area contributed by atoms with Crippen molar-refractivity contribution in [2.75, 3.05) is 45.8 Å². The van der Waals surface area contributed by atoms with Crippen LogP contribution in [0.3, 0.4) is 0 Å². The molecule has 2 aromatic rings. The van der Waals surface area contributed by atoms with Crippen LogP contribution in [0.5, 0.6) is 0 Å². The number of carbonyl (C=O) groups is 1. The van der Waals surface area contributed by atoms with Gasteiger partial charge in [0.2, 0.25) is 0 Å². The average molecular weight is 521 g/mol. The monoisotopic (exact) mass is 520 g/mol. The Labute approximate surface area is 212 Å². The number of benzene rings is 2. The number of piperidine rings is 1. The molecule has 0 unspecified atom stereocenters. The van der Waals surface area contributed by atoms with E-state index in [9.17, 15) is 22.0 Å². The Hall–Kier alpha value is -2.56. The summed E-state index contributed by atoms with van der Waals surface area (Å²) in [7, 11) is -3.86. The van der Waals surface area contributed by atoms with Crippen LogP contribution in [0.2, 0.25) is 0 Å². The number of urea groups is 1. The lowest BCUT2D eigenvalue weighted by molar-refractivity contribution is 0.179. The van der Waals surface area contributed by atoms with E-state index in [4.69, 9.17) is 0 Å². The Bertz CT molecular complexity index is 1050. The summed E-state index contributed by atoms with van der Waals surface area (Å²) in [5.41, 5.74) is 1.95. The van der Waals surface area contributed by atoms with Gasteiger partial charge in [-0.1, -0.05) is 24.3 Å². The normalized spacial score (nSPS) is 17.9. The van der Waals surface area contributed by atoms with E-state index in [1.165, 1.54) is 28.6 Å². The van der Waals surface area contributed by atoms with E-state index in [0.29, 0.717) is 39.3 Å². The van der Waals surface area contributed by atoms with Crippen LogP contribution in [-0.2, 0) is 10.2 Å². The fourth-order valence-electron chi connectivity index (χ4n) is 4.96. The highest BCUT2D eigenvalue weighted by molar-refractivity contribution is 7.87. The van der Waals surface area contributed by atoms with E-state index in [1.807, 2.05) is 0 Å². The lowest BCUT2D eigenvalue weighted by atomic mass is 9.87. The number of nitrogens with one attached hydrogen (secondary N) is 1. The maximum Gasteiger partial charge on any atom is 0.332 e. The molecule has 0 bridgehead atoms. The first-order valence-electron chi connectivity index (χ1n) is 12.6. The van der Waals surface area contributed by atoms with Crippen LogP contribution >= 0.6 is 0 Å². The number of piperazine rings is 1. The van der Waals surface area contributed by atoms with E-state index in [1.54, 1.807) is 29.2 Å². The first kappa shape index (κ1) is 26.5. The molecule has 7 nitrogen and oxygen atoms in total. The Morgan fingerprint density at radius 1 is 0.806 bits per heavy atom. The molecule has 0 atom stereocenters. The van der Waals surface area contributed by atoms with Gasteiger partial charge in [0.1, 0.15) is 11.6 Å². The van der Waals surface area contributed by atoms with Crippen molar-refractivity contribution in [2.45, 2.75) is 38.0 Å². The van der Waals surface area contributed by atoms with Gasteiger partial charge in [-0.05, 0) is 74.0 Å². The second kappa shape index (κ2) is 12.1. The van der Waals surface area contributed by atoms with Gasteiger partial charge in [-0.15, -0.1) is 0 Å². The maximum atomic E-state index is 13.5. The predicted molar refractivity (Wildman–Crippen MR) is 135 cm³/mol. The van der Waals surface area contributed by atoms with Crippen molar-refractivity contribution in [3.8, 4) is 0 Å². The summed E-state index contributed by atoms with van der Waals surface area (Å²) < 4.78 is 55.9. The van der Waals surface area contributed by atoms with Crippen LogP contribution in [0.1, 0.15) is 49.1 Å². The van der Waals surface area contributed by atoms with Crippen LogP contribution in [0.25, 0.3) is 0 Å². The van der Waals surface area contributed by atoms with E-state index in [2.05, 4.69) is 9.62 Å². The lowest BCUT2D eigenvalue weighted by Crippen LogP contribution is -2.55. The van der Waals surface area contributed by atoms with Gasteiger partial charge in [-0.25, -0.2) is 18.3 Å². The van der Waals surface area contributed by atoms with Crippen LogP contribution in [0.4, 0.5) is 13.6 Å². The SMILES string of the molecule is O=C(NS(=O)(=O)N1CCN(CCCC(c2ccc(F)cc2)c2ccc(F)cc2)CC1)N1CCCCC1. The first-order valence-corrected chi connectivity index (χ1v) is 14.1. The van der Waals surface area contributed by atoms with Crippen LogP contribution in [0, 0.1) is 11.6 Å². The molecule has 196 valence electrons. The van der Waals surface area contributed by atoms with Gasteiger partial charge in [0, 0.05) is 45.2 Å². The molecule has 2 heterocycles. The summed E-state index contributed by atoms with van der Waals surface area (Å²) in [5.74, 6) is -0.578. The van der Waals surface area contributed by atoms with Crippen LogP contribution in [-0.4, -0.2) is 74.4 Å². The van der Waals surface area contributed by atoms with E-state index < -0.39 is 16.2 Å². The predicted octanol–water partition coefficient (Wildman–Crippen LogP) is 3.93. The van der Waals surface area contributed by atoms with Crippen molar-refractivity contribution >= 4 is 16.2 Å². The molecule has 1 N–H and O–H groups in total. The van der Waals surface area contributed by atoms with Crippen LogP contribution in [0.15, 0.2) is 48.5 Å². The lowest BCUT2D eigenvalue weighted by Gasteiger charge is -2.35. The van der Waals surface area contributed by atoms with Crippen LogP contribution < -0.4 is 4.72 Å². The van der Waals surface area contributed by atoms with Gasteiger partial charge < -0.3 is 9.80 Å². The number of rotatable bonds is 8. The smallest absolute Gasteiger partial charge is 0.324 e. The number of halogens is 2. The van der Waals surface area contributed by atoms with E-state index in [-0.39, 0.29) is 17.6 Å². The highest BCUT2D eigenvalue weighted by atomic mass is 32.2. The minimum atomic E-state index is -3.86. The van der Waals surface area contributed by atoms with Gasteiger partial charge in [-0.2, -0.15) is 12.7 Å². The standard InChI is InChI=1S/C26H34F2N4O3S/c27-23-10-6-21(7-11-23)25(22-8-12-24(28)13-9-22)5-4-14-30-17-19-32(20-18-30)36(34,35)29-26(33)31-15-2-1-3-16-31/h6-13,25H,1-5,14-20H2,(H,29,33). The number of hydrogen-bond donors (Lipinski definition) is 1. The Morgan fingerprint density at radius 2 is 1.33 bits per heavy atom. The molecule has 0 aliphatic carbocycles. The van der Waals surface area contributed by atoms with Gasteiger partial charge in [0.25, 0.3) is 0 Å². The van der Waals surface area contributed by atoms with Gasteiger partial charge in [-0.3, -0.25) is 0 Å². The van der Waals surface area contributed by atoms with Gasteiger partial charge >= 0.3 is 16.2 Å². The second-order valence-electron chi connectivity index (χ2n) is 9.50. The third-order valence-corrected chi connectivity index (χ3v) is 8.52. The molecule has 2 aliphatic heterocycles. The zero-order chi connectivity index (χ0) is 25.5. The fourth-order valence-corrected chi connectivity index (χ4v) is 6.09. The van der Waals surface area contributed by atoms with E-state index in [0.717, 1.165) is 49.8 Å². The molecule has 2 aliphatic rings. The van der Waals surface area contributed by atoms with Gasteiger partial charge in [0.05, 0.1) is 0 Å². The number of carbonyl (C=O) groups excluding carboxylic acids is 1. The quantitative estimate of drug-likeness (QED) is 0.573. The number of amides is 2. The molecule has 36 heavy (non-hydrogen) atoms. The molecular formula is C26H34F2N4O3S. The zero-order valence-electron chi connectivity index (χ0n) is 20.4. The molecular weight excluding hydrogens is 486 g/mol. The number of hydrogen-bond acceptors (Lipinski definition) is 4. The summed E-state index contributed by atoms with van der Waals surface area (Å²) in [6, 6.07) is 12.3. The molecule has 2 amide bonds. The molecule has 2 fully saturated rings. The zero-order valence-corrected chi connectivity index (χ0v) is 21.2. The molecule has 0 spiro atoms. The molecule has 2 saturated heterocycles. The minimum absolute atomic E-state index is 0.0119. The third kappa shape index (κ3) is 7.02. The Balaban J connectivity index is 1.28. The fraction of sp³-hybridized carbons (Fsp3) is 0.500. The van der Waals surface area contributed by atoms with E-state index >= 15 is 0 Å². The summed E-state index contributed by atoms with van der Waals surface area (Å²) in [4.78, 5) is 16.1. The Morgan fingerprint density at radius 3 is 1.86 bits per heavy atom. The number of likely N-dealkylation sites (tertiary alicyclic amines) is 1. The topological polar surface area (TPSA) is 73.0 Å². The van der Waals surface area contributed by atoms with Crippen molar-refractivity contribution in [1.82, 2.24) is 18.8 Å². The average Bonchev–Trinajstić information content (AvgIpc) is 2.89. The summed E-state index contributed by atoms with van der Waals surface area (Å²) in [6.45, 7) is 3.77. The molecule has 10 heteroatoms. The highest BCUT2D eigenvalue weighted by Gasteiger charge is 2.30. The van der Waals surface area contributed by atoms with Crippen molar-refractivity contribution in [2.24, 2.45) is 0 Å². The third-order valence-electron chi connectivity index (χ3n) is 7.04. The maximum absolute atomic E-state index is 13.5. The minimum Gasteiger partial charge on any atom is -0.324 e. The molecule has 4 rings (SSSR count). The van der Waals surface area contributed by atoms with Crippen molar-refractivity contribution in [1.29, 1.82) is 0 Å². The largest absolute Gasteiger partial charge is 0.332 e. The molecule has 0 aromatic heterocycles. The number of nitrogens with zero attached hydrogens (tertiary/aromatic N) is 3. The Kier molecular flexibility index (Phi) is 8.92. The van der Waals surface area contributed by atoms with Crippen molar-refractivity contribution in [3.63, 3.8) is 0 Å². The summed E-state index contributed by atoms with van der Waals surface area (Å²) in [6.07, 6.45) is 4.50.